The zero-order chi connectivity index (χ0) is 13.6. The van der Waals surface area contributed by atoms with Crippen molar-refractivity contribution in [3.05, 3.63) is 47.6 Å². The van der Waals surface area contributed by atoms with Gasteiger partial charge in [-0.25, -0.2) is 0 Å². The maximum atomic E-state index is 5.34. The molecule has 1 aliphatic rings. The molecule has 0 aliphatic carbocycles. The van der Waals surface area contributed by atoms with E-state index in [0.29, 0.717) is 5.92 Å². The highest BCUT2D eigenvalue weighted by atomic mass is 32.2. The second kappa shape index (κ2) is 6.90. The van der Waals surface area contributed by atoms with E-state index in [2.05, 4.69) is 34.4 Å². The molecule has 5 heteroatoms. The third kappa shape index (κ3) is 3.61. The van der Waals surface area contributed by atoms with Gasteiger partial charge in [-0.1, -0.05) is 35.5 Å². The minimum absolute atomic E-state index is 0.324. The first-order chi connectivity index (χ1) is 9.92. The summed E-state index contributed by atoms with van der Waals surface area (Å²) in [5, 5.41) is 4.06. The molecule has 0 N–H and O–H groups in total. The van der Waals surface area contributed by atoms with Crippen LogP contribution in [-0.2, 0) is 16.9 Å². The summed E-state index contributed by atoms with van der Waals surface area (Å²) in [5.41, 5.74) is 1.35. The van der Waals surface area contributed by atoms with E-state index in [4.69, 9.17) is 9.26 Å². The summed E-state index contributed by atoms with van der Waals surface area (Å²) in [4.78, 5) is 4.47. The van der Waals surface area contributed by atoms with Crippen LogP contribution in [0.15, 0.2) is 34.9 Å². The standard InChI is InChI=1S/C15H18N2O2S/c1-2-4-12(5-3-1)11-20-9-7-14-16-15(17-19-14)13-6-8-18-10-13/h1-5,13H,6-11H2/t13-/m1/s1. The van der Waals surface area contributed by atoms with Gasteiger partial charge in [-0.3, -0.25) is 0 Å². The summed E-state index contributed by atoms with van der Waals surface area (Å²) in [6.07, 6.45) is 1.83. The number of hydrogen-bond donors (Lipinski definition) is 0. The normalized spacial score (nSPS) is 18.5. The smallest absolute Gasteiger partial charge is 0.227 e. The van der Waals surface area contributed by atoms with E-state index in [-0.39, 0.29) is 0 Å². The molecule has 106 valence electrons. The highest BCUT2D eigenvalue weighted by Gasteiger charge is 2.22. The molecule has 0 saturated carbocycles. The third-order valence-corrected chi connectivity index (χ3v) is 4.38. The lowest BCUT2D eigenvalue weighted by molar-refractivity contribution is 0.192. The minimum atomic E-state index is 0.324. The van der Waals surface area contributed by atoms with Gasteiger partial charge in [0.1, 0.15) is 0 Å². The topological polar surface area (TPSA) is 48.2 Å². The molecular formula is C15H18N2O2S. The zero-order valence-electron chi connectivity index (χ0n) is 11.3. The summed E-state index contributed by atoms with van der Waals surface area (Å²) in [7, 11) is 0. The van der Waals surface area contributed by atoms with Crippen LogP contribution in [0.25, 0.3) is 0 Å². The van der Waals surface area contributed by atoms with Gasteiger partial charge in [0.15, 0.2) is 5.82 Å². The number of benzene rings is 1. The first kappa shape index (κ1) is 13.6. The van der Waals surface area contributed by atoms with Crippen LogP contribution in [0.3, 0.4) is 0 Å². The number of rotatable bonds is 6. The van der Waals surface area contributed by atoms with Crippen molar-refractivity contribution in [2.75, 3.05) is 19.0 Å². The maximum absolute atomic E-state index is 5.34. The first-order valence-electron chi connectivity index (χ1n) is 6.94. The lowest BCUT2D eigenvalue weighted by Crippen LogP contribution is -2.00. The fourth-order valence-electron chi connectivity index (χ4n) is 2.20. The van der Waals surface area contributed by atoms with E-state index in [1.54, 1.807) is 0 Å². The Kier molecular flexibility index (Phi) is 4.71. The van der Waals surface area contributed by atoms with E-state index in [1.165, 1.54) is 5.56 Å². The minimum Gasteiger partial charge on any atom is -0.381 e. The Morgan fingerprint density at radius 1 is 1.25 bits per heavy atom. The fourth-order valence-corrected chi connectivity index (χ4v) is 3.09. The molecule has 2 heterocycles. The Hall–Kier alpha value is -1.33. The lowest BCUT2D eigenvalue weighted by Gasteiger charge is -1.99. The zero-order valence-corrected chi connectivity index (χ0v) is 12.1. The average Bonchev–Trinajstić information content (AvgIpc) is 3.15. The van der Waals surface area contributed by atoms with Crippen molar-refractivity contribution < 1.29 is 9.26 Å². The van der Waals surface area contributed by atoms with Crippen LogP contribution in [0.2, 0.25) is 0 Å². The number of nitrogens with zero attached hydrogens (tertiary/aromatic N) is 2. The number of ether oxygens (including phenoxy) is 1. The third-order valence-electron chi connectivity index (χ3n) is 3.35. The van der Waals surface area contributed by atoms with Crippen LogP contribution in [0.5, 0.6) is 0 Å². The van der Waals surface area contributed by atoms with E-state index >= 15 is 0 Å². The van der Waals surface area contributed by atoms with E-state index in [9.17, 15) is 0 Å². The van der Waals surface area contributed by atoms with Gasteiger partial charge in [-0.2, -0.15) is 16.7 Å². The molecule has 1 aromatic heterocycles. The second-order valence-electron chi connectivity index (χ2n) is 4.90. The SMILES string of the molecule is c1ccc(CSCCc2nc([C@@H]3CCOC3)no2)cc1. The molecule has 3 rings (SSSR count). The maximum Gasteiger partial charge on any atom is 0.227 e. The molecule has 4 nitrogen and oxygen atoms in total. The quantitative estimate of drug-likeness (QED) is 0.765. The Bertz CT molecular complexity index is 524. The van der Waals surface area contributed by atoms with E-state index in [1.807, 2.05) is 17.8 Å². The molecule has 2 aromatic rings. The molecule has 0 unspecified atom stereocenters. The molecule has 1 aliphatic heterocycles. The summed E-state index contributed by atoms with van der Waals surface area (Å²) >= 11 is 1.89. The van der Waals surface area contributed by atoms with Gasteiger partial charge in [-0.15, -0.1) is 0 Å². The van der Waals surface area contributed by atoms with Crippen LogP contribution in [0.4, 0.5) is 0 Å². The molecule has 1 atom stereocenters. The monoisotopic (exact) mass is 290 g/mol. The molecule has 0 amide bonds. The van der Waals surface area contributed by atoms with Crippen molar-refractivity contribution in [2.24, 2.45) is 0 Å². The predicted molar refractivity (Wildman–Crippen MR) is 78.8 cm³/mol. The molecule has 0 bridgehead atoms. The Morgan fingerprint density at radius 2 is 2.15 bits per heavy atom. The van der Waals surface area contributed by atoms with Crippen molar-refractivity contribution in [1.82, 2.24) is 10.1 Å². The Labute approximate surface area is 122 Å². The fraction of sp³-hybridized carbons (Fsp3) is 0.467. The van der Waals surface area contributed by atoms with E-state index < -0.39 is 0 Å². The van der Waals surface area contributed by atoms with Crippen molar-refractivity contribution in [3.8, 4) is 0 Å². The number of aryl methyl sites for hydroxylation is 1. The van der Waals surface area contributed by atoms with Gasteiger partial charge in [0.05, 0.1) is 6.61 Å². The predicted octanol–water partition coefficient (Wildman–Crippen LogP) is 3.05. The van der Waals surface area contributed by atoms with Gasteiger partial charge in [0, 0.05) is 30.5 Å². The van der Waals surface area contributed by atoms with Gasteiger partial charge < -0.3 is 9.26 Å². The summed E-state index contributed by atoms with van der Waals surface area (Å²) in [6, 6.07) is 10.5. The van der Waals surface area contributed by atoms with Gasteiger partial charge >= 0.3 is 0 Å². The molecule has 1 saturated heterocycles. The van der Waals surface area contributed by atoms with Crippen LogP contribution in [0, 0.1) is 0 Å². The second-order valence-corrected chi connectivity index (χ2v) is 6.00. The van der Waals surface area contributed by atoms with Crippen molar-refractivity contribution in [3.63, 3.8) is 0 Å². The van der Waals surface area contributed by atoms with Crippen LogP contribution in [0.1, 0.15) is 29.6 Å². The molecule has 1 fully saturated rings. The van der Waals surface area contributed by atoms with Crippen molar-refractivity contribution >= 4 is 11.8 Å². The molecular weight excluding hydrogens is 272 g/mol. The van der Waals surface area contributed by atoms with Crippen molar-refractivity contribution in [2.45, 2.75) is 24.5 Å². The molecule has 0 radical (unpaired) electrons. The first-order valence-corrected chi connectivity index (χ1v) is 8.09. The molecule has 1 aromatic carbocycles. The summed E-state index contributed by atoms with van der Waals surface area (Å²) in [6.45, 7) is 1.53. The van der Waals surface area contributed by atoms with Gasteiger partial charge in [0.25, 0.3) is 0 Å². The lowest BCUT2D eigenvalue weighted by atomic mass is 10.1. The Balaban J connectivity index is 1.42. The van der Waals surface area contributed by atoms with Crippen LogP contribution >= 0.6 is 11.8 Å². The highest BCUT2D eigenvalue weighted by molar-refractivity contribution is 7.98. The molecule has 20 heavy (non-hydrogen) atoms. The summed E-state index contributed by atoms with van der Waals surface area (Å²) < 4.78 is 10.6. The van der Waals surface area contributed by atoms with E-state index in [0.717, 1.165) is 49.3 Å². The largest absolute Gasteiger partial charge is 0.381 e. The van der Waals surface area contributed by atoms with Crippen LogP contribution < -0.4 is 0 Å². The van der Waals surface area contributed by atoms with Crippen LogP contribution in [-0.4, -0.2) is 29.1 Å². The number of aromatic nitrogens is 2. The number of thioether (sulfide) groups is 1. The van der Waals surface area contributed by atoms with Gasteiger partial charge in [-0.05, 0) is 12.0 Å². The number of hydrogen-bond acceptors (Lipinski definition) is 5. The molecule has 0 spiro atoms. The Morgan fingerprint density at radius 3 is 2.95 bits per heavy atom. The highest BCUT2D eigenvalue weighted by Crippen LogP contribution is 2.22. The van der Waals surface area contributed by atoms with Gasteiger partial charge in [0.2, 0.25) is 5.89 Å². The average molecular weight is 290 g/mol. The summed E-state index contributed by atoms with van der Waals surface area (Å²) in [5.74, 6) is 3.90. The van der Waals surface area contributed by atoms with Crippen molar-refractivity contribution in [1.29, 1.82) is 0 Å².